The van der Waals surface area contributed by atoms with Crippen LogP contribution >= 0.6 is 0 Å². The van der Waals surface area contributed by atoms with Gasteiger partial charge in [0.25, 0.3) is 0 Å². The van der Waals surface area contributed by atoms with Crippen molar-refractivity contribution in [3.8, 4) is 0 Å². The lowest BCUT2D eigenvalue weighted by Crippen LogP contribution is -2.21. The van der Waals surface area contributed by atoms with Crippen molar-refractivity contribution in [1.82, 2.24) is 25.5 Å². The van der Waals surface area contributed by atoms with Gasteiger partial charge < -0.3 is 10.1 Å². The van der Waals surface area contributed by atoms with E-state index in [0.717, 1.165) is 18.8 Å². The number of ether oxygens (including phenoxy) is 1. The number of aromatic nitrogens is 4. The van der Waals surface area contributed by atoms with Crippen molar-refractivity contribution >= 4 is 10.8 Å². The first-order chi connectivity index (χ1) is 8.24. The van der Waals surface area contributed by atoms with E-state index < -0.39 is 10.8 Å². The van der Waals surface area contributed by atoms with Gasteiger partial charge in [0, 0.05) is 43.0 Å². The second-order valence-corrected chi connectivity index (χ2v) is 5.17. The number of nitrogens with zero attached hydrogens (tertiary/aromatic N) is 4. The third-order valence-electron chi connectivity index (χ3n) is 2.17. The van der Waals surface area contributed by atoms with Crippen LogP contribution in [0.5, 0.6) is 0 Å². The van der Waals surface area contributed by atoms with E-state index in [2.05, 4.69) is 20.8 Å². The highest BCUT2D eigenvalue weighted by atomic mass is 32.2. The molecule has 1 aromatic heterocycles. The van der Waals surface area contributed by atoms with Crippen LogP contribution in [0.15, 0.2) is 0 Å². The Morgan fingerprint density at radius 3 is 3.06 bits per heavy atom. The van der Waals surface area contributed by atoms with Gasteiger partial charge in [-0.05, 0) is 16.8 Å². The average molecular weight is 261 g/mol. The summed E-state index contributed by atoms with van der Waals surface area (Å²) in [5.41, 5.74) is 0. The van der Waals surface area contributed by atoms with Crippen molar-refractivity contribution in [3.63, 3.8) is 0 Å². The van der Waals surface area contributed by atoms with E-state index in [1.54, 1.807) is 18.0 Å². The van der Waals surface area contributed by atoms with Gasteiger partial charge in [-0.3, -0.25) is 4.21 Å². The van der Waals surface area contributed by atoms with Crippen LogP contribution in [0, 0.1) is 0 Å². The summed E-state index contributed by atoms with van der Waals surface area (Å²) in [4.78, 5) is 0. The van der Waals surface area contributed by atoms with E-state index in [9.17, 15) is 4.21 Å². The van der Waals surface area contributed by atoms with Gasteiger partial charge in [0.05, 0.1) is 13.2 Å². The molecule has 17 heavy (non-hydrogen) atoms. The molecule has 1 unspecified atom stereocenters. The Morgan fingerprint density at radius 1 is 1.53 bits per heavy atom. The van der Waals surface area contributed by atoms with Crippen molar-refractivity contribution in [3.05, 3.63) is 5.82 Å². The summed E-state index contributed by atoms with van der Waals surface area (Å²) in [7, 11) is 0.907. The molecule has 1 atom stereocenters. The lowest BCUT2D eigenvalue weighted by Gasteiger charge is -2.05. The number of hydrogen-bond donors (Lipinski definition) is 1. The lowest BCUT2D eigenvalue weighted by molar-refractivity contribution is 0.198. The minimum absolute atomic E-state index is 0.617. The summed E-state index contributed by atoms with van der Waals surface area (Å²) < 4.78 is 17.6. The van der Waals surface area contributed by atoms with Gasteiger partial charge in [0.1, 0.15) is 0 Å². The molecule has 0 saturated heterocycles. The summed E-state index contributed by atoms with van der Waals surface area (Å²) >= 11 is 0. The second-order valence-electron chi connectivity index (χ2n) is 3.62. The molecule has 0 saturated carbocycles. The third kappa shape index (κ3) is 5.85. The van der Waals surface area contributed by atoms with E-state index in [4.69, 9.17) is 4.74 Å². The molecule has 98 valence electrons. The predicted octanol–water partition coefficient (Wildman–Crippen LogP) is -0.822. The quantitative estimate of drug-likeness (QED) is 0.585. The van der Waals surface area contributed by atoms with E-state index in [1.807, 2.05) is 0 Å². The Morgan fingerprint density at radius 2 is 2.35 bits per heavy atom. The Labute approximate surface area is 103 Å². The average Bonchev–Trinajstić information content (AvgIpc) is 2.72. The fourth-order valence-electron chi connectivity index (χ4n) is 1.32. The topological polar surface area (TPSA) is 81.9 Å². The zero-order valence-corrected chi connectivity index (χ0v) is 11.1. The number of tetrazole rings is 1. The smallest absolute Gasteiger partial charge is 0.165 e. The summed E-state index contributed by atoms with van der Waals surface area (Å²) in [5.74, 6) is 1.47. The summed E-state index contributed by atoms with van der Waals surface area (Å²) in [6.07, 6.45) is 2.52. The molecule has 0 spiro atoms. The first kappa shape index (κ1) is 14.2. The molecule has 1 N–H and O–H groups in total. The fourth-order valence-corrected chi connectivity index (χ4v) is 1.85. The molecular weight excluding hydrogens is 242 g/mol. The summed E-state index contributed by atoms with van der Waals surface area (Å²) in [6.45, 7) is 2.75. The molecule has 0 radical (unpaired) electrons. The molecule has 0 amide bonds. The van der Waals surface area contributed by atoms with Crippen LogP contribution in [0.3, 0.4) is 0 Å². The fraction of sp³-hybridized carbons (Fsp3) is 0.889. The Balaban J connectivity index is 2.29. The summed E-state index contributed by atoms with van der Waals surface area (Å²) in [6, 6.07) is 0. The first-order valence-electron chi connectivity index (χ1n) is 5.48. The molecule has 0 aromatic carbocycles. The SMILES string of the molecule is COCCNCc1nnnn1CCCS(C)=O. The van der Waals surface area contributed by atoms with Crippen LogP contribution in [-0.2, 0) is 28.6 Å². The van der Waals surface area contributed by atoms with Crippen molar-refractivity contribution in [2.45, 2.75) is 19.5 Å². The van der Waals surface area contributed by atoms with E-state index in [-0.39, 0.29) is 0 Å². The maximum Gasteiger partial charge on any atom is 0.165 e. The third-order valence-corrected chi connectivity index (χ3v) is 3.04. The van der Waals surface area contributed by atoms with Gasteiger partial charge >= 0.3 is 0 Å². The van der Waals surface area contributed by atoms with Crippen LogP contribution in [0.2, 0.25) is 0 Å². The molecule has 7 nitrogen and oxygen atoms in total. The van der Waals surface area contributed by atoms with Crippen molar-refractivity contribution < 1.29 is 8.95 Å². The molecule has 1 rings (SSSR count). The molecule has 0 bridgehead atoms. The molecule has 0 fully saturated rings. The number of nitrogens with one attached hydrogen (secondary N) is 1. The number of rotatable bonds is 9. The Bertz CT molecular complexity index is 344. The monoisotopic (exact) mass is 261 g/mol. The normalized spacial score (nSPS) is 12.8. The van der Waals surface area contributed by atoms with Gasteiger partial charge in [-0.25, -0.2) is 4.68 Å². The molecular formula is C9H19N5O2S. The predicted molar refractivity (Wildman–Crippen MR) is 65.0 cm³/mol. The van der Waals surface area contributed by atoms with Crippen molar-refractivity contribution in [2.75, 3.05) is 32.3 Å². The van der Waals surface area contributed by atoms with Gasteiger partial charge in [0.2, 0.25) is 0 Å². The molecule has 0 aliphatic heterocycles. The van der Waals surface area contributed by atoms with Crippen LogP contribution in [0.1, 0.15) is 12.2 Å². The standard InChI is InChI=1S/C9H19N5O2S/c1-16-6-4-10-8-9-11-12-13-14(9)5-3-7-17(2)15/h10H,3-8H2,1-2H3. The van der Waals surface area contributed by atoms with Gasteiger partial charge in [-0.2, -0.15) is 0 Å². The van der Waals surface area contributed by atoms with Gasteiger partial charge in [-0.15, -0.1) is 5.10 Å². The number of methoxy groups -OCH3 is 1. The maximum absolute atomic E-state index is 10.9. The van der Waals surface area contributed by atoms with Crippen LogP contribution < -0.4 is 5.32 Å². The Kier molecular flexibility index (Phi) is 6.90. The molecule has 8 heteroatoms. The summed E-state index contributed by atoms with van der Waals surface area (Å²) in [5, 5.41) is 14.6. The van der Waals surface area contributed by atoms with Crippen LogP contribution in [0.25, 0.3) is 0 Å². The lowest BCUT2D eigenvalue weighted by atomic mass is 10.4. The largest absolute Gasteiger partial charge is 0.383 e. The van der Waals surface area contributed by atoms with Crippen molar-refractivity contribution in [2.24, 2.45) is 0 Å². The highest BCUT2D eigenvalue weighted by Crippen LogP contribution is 1.95. The minimum Gasteiger partial charge on any atom is -0.383 e. The van der Waals surface area contributed by atoms with Crippen LogP contribution in [0.4, 0.5) is 0 Å². The molecule has 0 aliphatic carbocycles. The highest BCUT2D eigenvalue weighted by molar-refractivity contribution is 7.84. The first-order valence-corrected chi connectivity index (χ1v) is 7.21. The van der Waals surface area contributed by atoms with E-state index >= 15 is 0 Å². The molecule has 1 heterocycles. The van der Waals surface area contributed by atoms with E-state index in [0.29, 0.717) is 25.4 Å². The van der Waals surface area contributed by atoms with Gasteiger partial charge in [0.15, 0.2) is 5.82 Å². The van der Waals surface area contributed by atoms with E-state index in [1.165, 1.54) is 0 Å². The van der Waals surface area contributed by atoms with Crippen molar-refractivity contribution in [1.29, 1.82) is 0 Å². The van der Waals surface area contributed by atoms with Crippen LogP contribution in [-0.4, -0.2) is 56.7 Å². The Hall–Kier alpha value is -0.860. The maximum atomic E-state index is 10.9. The zero-order chi connectivity index (χ0) is 12.5. The zero-order valence-electron chi connectivity index (χ0n) is 10.3. The highest BCUT2D eigenvalue weighted by Gasteiger charge is 2.05. The number of aryl methyl sites for hydroxylation is 1. The van der Waals surface area contributed by atoms with Gasteiger partial charge in [-0.1, -0.05) is 0 Å². The molecule has 1 aromatic rings. The minimum atomic E-state index is -0.756. The molecule has 0 aliphatic rings. The second kappa shape index (κ2) is 8.26. The number of hydrogen-bond acceptors (Lipinski definition) is 6.